The van der Waals surface area contributed by atoms with Crippen LogP contribution in [0.5, 0.6) is 0 Å². The van der Waals surface area contributed by atoms with Gasteiger partial charge >= 0.3 is 6.18 Å². The van der Waals surface area contributed by atoms with E-state index in [9.17, 15) is 13.2 Å². The average Bonchev–Trinajstić information content (AvgIpc) is 1.97. The van der Waals surface area contributed by atoms with Crippen LogP contribution in [0.3, 0.4) is 0 Å². The van der Waals surface area contributed by atoms with Gasteiger partial charge in [-0.3, -0.25) is 0 Å². The Hall–Kier alpha value is -0.820. The summed E-state index contributed by atoms with van der Waals surface area (Å²) >= 11 is 9.79. The van der Waals surface area contributed by atoms with E-state index in [1.54, 1.807) is 4.98 Å². The van der Waals surface area contributed by atoms with E-state index in [4.69, 9.17) is 17.3 Å². The van der Waals surface area contributed by atoms with Gasteiger partial charge < -0.3 is 10.7 Å². The second-order valence-corrected chi connectivity index (χ2v) is 2.88. The van der Waals surface area contributed by atoms with E-state index in [-0.39, 0.29) is 15.5 Å². The van der Waals surface area contributed by atoms with Crippen LogP contribution >= 0.6 is 23.8 Å². The van der Waals surface area contributed by atoms with Crippen molar-refractivity contribution in [1.82, 2.24) is 9.97 Å². The molecule has 3 nitrogen and oxygen atoms in total. The lowest BCUT2D eigenvalue weighted by molar-refractivity contribution is -0.145. The molecule has 0 amide bonds. The van der Waals surface area contributed by atoms with Gasteiger partial charge in [-0.15, -0.1) is 0 Å². The standard InChI is InChI=1S/C5H3ClF3N3S/c6-2-1(10)3(13)12-4(11-2)5(7,8)9/h10H2,(H,11,12,13). The lowest BCUT2D eigenvalue weighted by atomic mass is 10.5. The molecule has 0 bridgehead atoms. The van der Waals surface area contributed by atoms with E-state index < -0.39 is 12.0 Å². The summed E-state index contributed by atoms with van der Waals surface area (Å²) in [6.45, 7) is 0. The monoisotopic (exact) mass is 229 g/mol. The number of nitrogens with zero attached hydrogens (tertiary/aromatic N) is 1. The van der Waals surface area contributed by atoms with Crippen LogP contribution in [0.4, 0.5) is 18.9 Å². The highest BCUT2D eigenvalue weighted by Gasteiger charge is 2.34. The van der Waals surface area contributed by atoms with Crippen LogP contribution < -0.4 is 5.73 Å². The Morgan fingerprint density at radius 1 is 1.46 bits per heavy atom. The molecule has 1 aromatic heterocycles. The molecule has 0 unspecified atom stereocenters. The fraction of sp³-hybridized carbons (Fsp3) is 0.200. The summed E-state index contributed by atoms with van der Waals surface area (Å²) in [5.74, 6) is -1.25. The number of alkyl halides is 3. The molecule has 1 rings (SSSR count). The molecule has 8 heteroatoms. The molecule has 0 aliphatic carbocycles. The summed E-state index contributed by atoms with van der Waals surface area (Å²) in [7, 11) is 0. The van der Waals surface area contributed by atoms with Crippen molar-refractivity contribution in [2.24, 2.45) is 0 Å². The van der Waals surface area contributed by atoms with Gasteiger partial charge in [-0.25, -0.2) is 4.98 Å². The number of nitrogens with two attached hydrogens (primary N) is 1. The maximum Gasteiger partial charge on any atom is 0.449 e. The summed E-state index contributed by atoms with van der Waals surface area (Å²) in [6.07, 6.45) is -4.61. The Balaban J connectivity index is 3.38. The molecule has 13 heavy (non-hydrogen) atoms. The van der Waals surface area contributed by atoms with Crippen molar-refractivity contribution in [3.63, 3.8) is 0 Å². The minimum Gasteiger partial charge on any atom is -0.394 e. The Morgan fingerprint density at radius 3 is 2.38 bits per heavy atom. The number of H-pyrrole nitrogens is 1. The zero-order chi connectivity index (χ0) is 10.2. The summed E-state index contributed by atoms with van der Waals surface area (Å²) < 4.78 is 35.8. The molecule has 0 saturated carbocycles. The number of hydrogen-bond donors (Lipinski definition) is 2. The van der Waals surface area contributed by atoms with E-state index in [0.717, 1.165) is 0 Å². The van der Waals surface area contributed by atoms with Crippen molar-refractivity contribution < 1.29 is 13.2 Å². The van der Waals surface area contributed by atoms with Crippen molar-refractivity contribution >= 4 is 29.5 Å². The molecular weight excluding hydrogens is 227 g/mol. The van der Waals surface area contributed by atoms with Gasteiger partial charge in [0.2, 0.25) is 5.82 Å². The molecule has 0 spiro atoms. The zero-order valence-electron chi connectivity index (χ0n) is 5.94. The largest absolute Gasteiger partial charge is 0.449 e. The number of nitrogens with one attached hydrogen (secondary N) is 1. The molecule has 0 fully saturated rings. The third kappa shape index (κ3) is 2.10. The maximum absolute atomic E-state index is 12.0. The first-order valence-corrected chi connectivity index (χ1v) is 3.73. The summed E-state index contributed by atoms with van der Waals surface area (Å²) in [4.78, 5) is 4.82. The van der Waals surface area contributed by atoms with Crippen LogP contribution in [0.15, 0.2) is 0 Å². The number of aromatic amines is 1. The van der Waals surface area contributed by atoms with Crippen molar-refractivity contribution in [1.29, 1.82) is 0 Å². The van der Waals surface area contributed by atoms with Crippen LogP contribution in [0.2, 0.25) is 5.15 Å². The molecule has 1 heterocycles. The number of nitrogen functional groups attached to an aromatic ring is 1. The highest BCUT2D eigenvalue weighted by atomic mass is 35.5. The minimum atomic E-state index is -4.61. The fourth-order valence-corrected chi connectivity index (χ4v) is 1.02. The third-order valence-electron chi connectivity index (χ3n) is 1.18. The third-order valence-corrected chi connectivity index (χ3v) is 1.79. The first-order chi connectivity index (χ1) is 5.82. The molecule has 0 aromatic carbocycles. The second kappa shape index (κ2) is 3.15. The van der Waals surface area contributed by atoms with Gasteiger partial charge in [-0.05, 0) is 0 Å². The Morgan fingerprint density at radius 2 is 2.00 bits per heavy atom. The van der Waals surface area contributed by atoms with Crippen LogP contribution in [0.25, 0.3) is 0 Å². The second-order valence-electron chi connectivity index (χ2n) is 2.12. The van der Waals surface area contributed by atoms with Crippen LogP contribution in [-0.4, -0.2) is 9.97 Å². The zero-order valence-corrected chi connectivity index (χ0v) is 7.52. The molecular formula is C5H3ClF3N3S. The van der Waals surface area contributed by atoms with E-state index in [1.807, 2.05) is 0 Å². The van der Waals surface area contributed by atoms with E-state index in [0.29, 0.717) is 0 Å². The topological polar surface area (TPSA) is 54.7 Å². The number of rotatable bonds is 0. The molecule has 0 saturated heterocycles. The van der Waals surface area contributed by atoms with Crippen molar-refractivity contribution in [3.05, 3.63) is 15.6 Å². The van der Waals surface area contributed by atoms with Gasteiger partial charge in [-0.2, -0.15) is 13.2 Å². The van der Waals surface area contributed by atoms with Gasteiger partial charge in [0.15, 0.2) is 4.64 Å². The van der Waals surface area contributed by atoms with Gasteiger partial charge in [0, 0.05) is 0 Å². The van der Waals surface area contributed by atoms with Gasteiger partial charge in [0.25, 0.3) is 0 Å². The van der Waals surface area contributed by atoms with Crippen molar-refractivity contribution in [3.8, 4) is 0 Å². The smallest absolute Gasteiger partial charge is 0.394 e. The van der Waals surface area contributed by atoms with Crippen LogP contribution in [0.1, 0.15) is 5.82 Å². The predicted octanol–water partition coefficient (Wildman–Crippen LogP) is 2.39. The molecule has 3 N–H and O–H groups in total. The Bertz CT molecular complexity index is 386. The number of anilines is 1. The SMILES string of the molecule is Nc1c(Cl)[nH]c(C(F)(F)F)nc1=S. The van der Waals surface area contributed by atoms with E-state index in [1.165, 1.54) is 0 Å². The number of halogens is 4. The summed E-state index contributed by atoms with van der Waals surface area (Å²) in [6, 6.07) is 0. The van der Waals surface area contributed by atoms with Gasteiger partial charge in [-0.1, -0.05) is 23.8 Å². The predicted molar refractivity (Wildman–Crippen MR) is 43.8 cm³/mol. The Kier molecular flexibility index (Phi) is 2.49. The summed E-state index contributed by atoms with van der Waals surface area (Å²) in [5.41, 5.74) is 5.03. The molecule has 0 atom stereocenters. The van der Waals surface area contributed by atoms with Crippen molar-refractivity contribution in [2.45, 2.75) is 6.18 Å². The lowest BCUT2D eigenvalue weighted by Gasteiger charge is -2.06. The van der Waals surface area contributed by atoms with Crippen molar-refractivity contribution in [2.75, 3.05) is 5.73 Å². The normalized spacial score (nSPS) is 11.7. The van der Waals surface area contributed by atoms with E-state index >= 15 is 0 Å². The molecule has 0 radical (unpaired) electrons. The minimum absolute atomic E-state index is 0.162. The highest BCUT2D eigenvalue weighted by Crippen LogP contribution is 2.28. The lowest BCUT2D eigenvalue weighted by Crippen LogP contribution is -2.12. The van der Waals surface area contributed by atoms with Gasteiger partial charge in [0.1, 0.15) is 10.8 Å². The molecule has 1 aromatic rings. The van der Waals surface area contributed by atoms with Crippen LogP contribution in [0, 0.1) is 4.64 Å². The summed E-state index contributed by atoms with van der Waals surface area (Å²) in [5, 5.41) is -0.354. The number of hydrogen-bond acceptors (Lipinski definition) is 3. The number of aromatic nitrogens is 2. The van der Waals surface area contributed by atoms with Gasteiger partial charge in [0.05, 0.1) is 0 Å². The average molecular weight is 230 g/mol. The fourth-order valence-electron chi connectivity index (χ4n) is 0.589. The quantitative estimate of drug-likeness (QED) is 0.531. The Labute approximate surface area is 80.7 Å². The highest BCUT2D eigenvalue weighted by molar-refractivity contribution is 7.71. The first-order valence-electron chi connectivity index (χ1n) is 2.95. The molecule has 72 valence electrons. The molecule has 0 aliphatic heterocycles. The molecule has 0 aliphatic rings. The first kappa shape index (κ1) is 10.3. The van der Waals surface area contributed by atoms with Crippen LogP contribution in [-0.2, 0) is 6.18 Å². The maximum atomic E-state index is 12.0. The van der Waals surface area contributed by atoms with E-state index in [2.05, 4.69) is 17.2 Å².